The lowest BCUT2D eigenvalue weighted by molar-refractivity contribution is 0.0735. The molecule has 0 amide bonds. The SMILES string of the molecule is Cc1cc(-c2nn(-c3ccc(Cl)c(O)c3)c3c2CCO[C@H](C)C3)cc(C)n1. The molecule has 3 heterocycles. The number of hydrogen-bond donors (Lipinski definition) is 1. The Hall–Kier alpha value is -2.37. The van der Waals surface area contributed by atoms with Gasteiger partial charge in [0.05, 0.1) is 34.8 Å². The van der Waals surface area contributed by atoms with Gasteiger partial charge in [0.2, 0.25) is 0 Å². The van der Waals surface area contributed by atoms with Gasteiger partial charge in [0.1, 0.15) is 5.75 Å². The fraction of sp³-hybridized carbons (Fsp3) is 0.333. The smallest absolute Gasteiger partial charge is 0.136 e. The Labute approximate surface area is 163 Å². The molecule has 1 aromatic carbocycles. The van der Waals surface area contributed by atoms with Crippen molar-refractivity contribution in [3.8, 4) is 22.7 Å². The number of nitrogens with zero attached hydrogens (tertiary/aromatic N) is 3. The molecule has 0 spiro atoms. The van der Waals surface area contributed by atoms with Gasteiger partial charge in [-0.3, -0.25) is 4.98 Å². The summed E-state index contributed by atoms with van der Waals surface area (Å²) >= 11 is 5.99. The monoisotopic (exact) mass is 383 g/mol. The van der Waals surface area contributed by atoms with Crippen molar-refractivity contribution >= 4 is 11.6 Å². The van der Waals surface area contributed by atoms with Gasteiger partial charge in [-0.2, -0.15) is 5.10 Å². The first-order valence-corrected chi connectivity index (χ1v) is 9.47. The van der Waals surface area contributed by atoms with Gasteiger partial charge in [0.25, 0.3) is 0 Å². The van der Waals surface area contributed by atoms with Crippen molar-refractivity contribution in [3.05, 3.63) is 58.0 Å². The number of benzene rings is 1. The fourth-order valence-corrected chi connectivity index (χ4v) is 3.82. The Balaban J connectivity index is 1.94. The second-order valence-electron chi connectivity index (χ2n) is 7.10. The zero-order valence-corrected chi connectivity index (χ0v) is 16.4. The molecule has 0 aliphatic carbocycles. The summed E-state index contributed by atoms with van der Waals surface area (Å²) in [4.78, 5) is 4.48. The van der Waals surface area contributed by atoms with Crippen LogP contribution in [0.1, 0.15) is 29.6 Å². The van der Waals surface area contributed by atoms with E-state index in [1.54, 1.807) is 12.1 Å². The molecule has 0 unspecified atom stereocenters. The molecule has 140 valence electrons. The van der Waals surface area contributed by atoms with Crippen LogP contribution in [-0.4, -0.2) is 32.6 Å². The highest BCUT2D eigenvalue weighted by molar-refractivity contribution is 6.32. The third kappa shape index (κ3) is 3.45. The van der Waals surface area contributed by atoms with Crippen molar-refractivity contribution in [3.63, 3.8) is 0 Å². The molecule has 0 radical (unpaired) electrons. The Morgan fingerprint density at radius 1 is 1.19 bits per heavy atom. The van der Waals surface area contributed by atoms with Crippen LogP contribution in [0.3, 0.4) is 0 Å². The number of aromatic nitrogens is 3. The number of ether oxygens (including phenoxy) is 1. The summed E-state index contributed by atoms with van der Waals surface area (Å²) in [7, 11) is 0. The van der Waals surface area contributed by atoms with Crippen LogP contribution in [0.2, 0.25) is 5.02 Å². The summed E-state index contributed by atoms with van der Waals surface area (Å²) in [6.07, 6.45) is 1.67. The predicted molar refractivity (Wildman–Crippen MR) is 106 cm³/mol. The number of aromatic hydroxyl groups is 1. The van der Waals surface area contributed by atoms with E-state index < -0.39 is 0 Å². The predicted octanol–water partition coefficient (Wildman–Crippen LogP) is 4.41. The third-order valence-corrected chi connectivity index (χ3v) is 5.17. The van der Waals surface area contributed by atoms with Crippen LogP contribution in [0.25, 0.3) is 16.9 Å². The van der Waals surface area contributed by atoms with Crippen LogP contribution in [-0.2, 0) is 17.6 Å². The van der Waals surface area contributed by atoms with Gasteiger partial charge in [-0.05, 0) is 51.5 Å². The number of hydrogen-bond acceptors (Lipinski definition) is 4. The normalized spacial score (nSPS) is 16.8. The van der Waals surface area contributed by atoms with Crippen LogP contribution < -0.4 is 0 Å². The third-order valence-electron chi connectivity index (χ3n) is 4.85. The summed E-state index contributed by atoms with van der Waals surface area (Å²) in [6.45, 7) is 6.73. The van der Waals surface area contributed by atoms with Gasteiger partial charge in [0, 0.05) is 35.0 Å². The van der Waals surface area contributed by atoms with E-state index in [2.05, 4.69) is 24.0 Å². The Morgan fingerprint density at radius 3 is 2.63 bits per heavy atom. The molecule has 0 bridgehead atoms. The summed E-state index contributed by atoms with van der Waals surface area (Å²) in [5.74, 6) is 0.0495. The lowest BCUT2D eigenvalue weighted by atomic mass is 10.0. The molecule has 1 N–H and O–H groups in total. The van der Waals surface area contributed by atoms with Crippen LogP contribution in [0.15, 0.2) is 30.3 Å². The van der Waals surface area contributed by atoms with Gasteiger partial charge >= 0.3 is 0 Å². The lowest BCUT2D eigenvalue weighted by Crippen LogP contribution is -2.13. The van der Waals surface area contributed by atoms with Crippen molar-refractivity contribution in [1.29, 1.82) is 0 Å². The summed E-state index contributed by atoms with van der Waals surface area (Å²) in [5.41, 5.74) is 7.04. The Kier molecular flexibility index (Phi) is 4.66. The van der Waals surface area contributed by atoms with E-state index in [0.717, 1.165) is 46.9 Å². The molecule has 1 aliphatic heterocycles. The molecular formula is C21H22ClN3O2. The number of aryl methyl sites for hydroxylation is 2. The number of phenols is 1. The molecule has 1 atom stereocenters. The maximum Gasteiger partial charge on any atom is 0.136 e. The standard InChI is InChI=1S/C21H22ClN3O2/c1-12-8-15(9-13(2)23-12)21-17-6-7-27-14(3)10-19(17)25(24-21)16-4-5-18(22)20(26)11-16/h4-5,8-9,11,14,26H,6-7,10H2,1-3H3/t14-/m1/s1. The van der Waals surface area contributed by atoms with Crippen LogP contribution in [0.5, 0.6) is 5.75 Å². The first-order valence-electron chi connectivity index (χ1n) is 9.09. The molecular weight excluding hydrogens is 362 g/mol. The highest BCUT2D eigenvalue weighted by Crippen LogP contribution is 2.33. The number of halogens is 1. The van der Waals surface area contributed by atoms with Gasteiger partial charge in [0.15, 0.2) is 0 Å². The molecule has 0 fully saturated rings. The number of phenolic OH excluding ortho intramolecular Hbond substituents is 1. The summed E-state index contributed by atoms with van der Waals surface area (Å²) < 4.78 is 7.81. The van der Waals surface area contributed by atoms with Crippen LogP contribution in [0.4, 0.5) is 0 Å². The van der Waals surface area contributed by atoms with E-state index in [9.17, 15) is 5.11 Å². The molecule has 0 saturated carbocycles. The van der Waals surface area contributed by atoms with Gasteiger partial charge < -0.3 is 9.84 Å². The van der Waals surface area contributed by atoms with E-state index in [-0.39, 0.29) is 11.9 Å². The highest BCUT2D eigenvalue weighted by Gasteiger charge is 2.25. The van der Waals surface area contributed by atoms with E-state index in [4.69, 9.17) is 21.4 Å². The van der Waals surface area contributed by atoms with E-state index in [0.29, 0.717) is 11.6 Å². The topological polar surface area (TPSA) is 60.2 Å². The fourth-order valence-electron chi connectivity index (χ4n) is 3.70. The molecule has 27 heavy (non-hydrogen) atoms. The average Bonchev–Trinajstić information content (AvgIpc) is 2.83. The highest BCUT2D eigenvalue weighted by atomic mass is 35.5. The minimum atomic E-state index is 0.0495. The molecule has 0 saturated heterocycles. The van der Waals surface area contributed by atoms with Gasteiger partial charge in [-0.25, -0.2) is 4.68 Å². The van der Waals surface area contributed by atoms with Gasteiger partial charge in [-0.1, -0.05) is 11.6 Å². The van der Waals surface area contributed by atoms with E-state index in [1.165, 1.54) is 5.56 Å². The molecule has 1 aliphatic rings. The number of rotatable bonds is 2. The molecule has 4 rings (SSSR count). The Bertz CT molecular complexity index is 993. The average molecular weight is 384 g/mol. The largest absolute Gasteiger partial charge is 0.506 e. The summed E-state index contributed by atoms with van der Waals surface area (Å²) in [5, 5.41) is 15.3. The molecule has 6 heteroatoms. The maximum absolute atomic E-state index is 10.1. The van der Waals surface area contributed by atoms with Crippen molar-refractivity contribution in [2.75, 3.05) is 6.61 Å². The summed E-state index contributed by atoms with van der Waals surface area (Å²) in [6, 6.07) is 9.34. The molecule has 2 aromatic heterocycles. The van der Waals surface area contributed by atoms with Crippen molar-refractivity contribution in [2.24, 2.45) is 0 Å². The van der Waals surface area contributed by atoms with E-state index >= 15 is 0 Å². The minimum absolute atomic E-state index is 0.0495. The number of fused-ring (bicyclic) bond motifs is 1. The second-order valence-corrected chi connectivity index (χ2v) is 7.50. The zero-order chi connectivity index (χ0) is 19.1. The zero-order valence-electron chi connectivity index (χ0n) is 15.7. The quantitative estimate of drug-likeness (QED) is 0.711. The number of pyridine rings is 1. The van der Waals surface area contributed by atoms with Crippen molar-refractivity contribution < 1.29 is 9.84 Å². The minimum Gasteiger partial charge on any atom is -0.506 e. The molecule has 5 nitrogen and oxygen atoms in total. The Morgan fingerprint density at radius 2 is 1.93 bits per heavy atom. The van der Waals surface area contributed by atoms with Crippen molar-refractivity contribution in [1.82, 2.24) is 14.8 Å². The second kappa shape index (κ2) is 6.98. The first kappa shape index (κ1) is 18.0. The van der Waals surface area contributed by atoms with E-state index in [1.807, 2.05) is 24.6 Å². The maximum atomic E-state index is 10.1. The van der Waals surface area contributed by atoms with Crippen LogP contribution in [0, 0.1) is 13.8 Å². The lowest BCUT2D eigenvalue weighted by Gasteiger charge is -2.12. The van der Waals surface area contributed by atoms with Gasteiger partial charge in [-0.15, -0.1) is 0 Å². The van der Waals surface area contributed by atoms with Crippen molar-refractivity contribution in [2.45, 2.75) is 39.7 Å². The molecule has 3 aromatic rings. The van der Waals surface area contributed by atoms with Crippen LogP contribution >= 0.6 is 11.6 Å². The first-order chi connectivity index (χ1) is 12.9.